The fourth-order valence-corrected chi connectivity index (χ4v) is 2.26. The number of carbonyl (C=O) groups is 1. The summed E-state index contributed by atoms with van der Waals surface area (Å²) in [5, 5.41) is 12.2. The van der Waals surface area contributed by atoms with Gasteiger partial charge >= 0.3 is 0 Å². The van der Waals surface area contributed by atoms with Crippen LogP contribution in [0.1, 0.15) is 32.6 Å². The molecule has 0 aromatic carbocycles. The number of aliphatic hydroxyl groups is 1. The molecule has 4 nitrogen and oxygen atoms in total. The minimum atomic E-state index is -0.0924. The van der Waals surface area contributed by atoms with Crippen molar-refractivity contribution in [2.24, 2.45) is 0 Å². The summed E-state index contributed by atoms with van der Waals surface area (Å²) in [5.74, 6) is 0.123. The van der Waals surface area contributed by atoms with E-state index >= 15 is 0 Å². The second-order valence-electron chi connectivity index (χ2n) is 4.68. The molecule has 15 heavy (non-hydrogen) atoms. The van der Waals surface area contributed by atoms with Crippen molar-refractivity contribution in [2.75, 3.05) is 13.2 Å². The van der Waals surface area contributed by atoms with Crippen LogP contribution in [-0.2, 0) is 4.79 Å². The van der Waals surface area contributed by atoms with Gasteiger partial charge in [0.15, 0.2) is 0 Å². The van der Waals surface area contributed by atoms with E-state index < -0.39 is 0 Å². The molecule has 86 valence electrons. The fourth-order valence-electron chi connectivity index (χ4n) is 2.26. The van der Waals surface area contributed by atoms with Gasteiger partial charge in [0.1, 0.15) is 0 Å². The second-order valence-corrected chi connectivity index (χ2v) is 4.68. The number of carbonyl (C=O) groups excluding carboxylic acids is 1. The van der Waals surface area contributed by atoms with Crippen molar-refractivity contribution in [2.45, 2.75) is 50.7 Å². The predicted molar refractivity (Wildman–Crippen MR) is 57.4 cm³/mol. The first-order chi connectivity index (χ1) is 7.22. The number of rotatable bonds is 4. The molecule has 2 aliphatic rings. The van der Waals surface area contributed by atoms with Crippen molar-refractivity contribution < 1.29 is 9.90 Å². The summed E-state index contributed by atoms with van der Waals surface area (Å²) < 4.78 is 0. The van der Waals surface area contributed by atoms with Gasteiger partial charge in [0.05, 0.1) is 12.6 Å². The lowest BCUT2D eigenvalue weighted by Crippen LogP contribution is -2.48. The molecular weight excluding hydrogens is 192 g/mol. The molecule has 0 aromatic heterocycles. The first-order valence-corrected chi connectivity index (χ1v) is 5.89. The number of aliphatic hydroxyl groups excluding tert-OH is 1. The average Bonchev–Trinajstić information content (AvgIpc) is 2.92. The lowest BCUT2D eigenvalue weighted by molar-refractivity contribution is -0.126. The van der Waals surface area contributed by atoms with Gasteiger partial charge in [-0.2, -0.15) is 0 Å². The smallest absolute Gasteiger partial charge is 0.237 e. The Morgan fingerprint density at radius 1 is 1.53 bits per heavy atom. The highest BCUT2D eigenvalue weighted by Gasteiger charge is 2.33. The van der Waals surface area contributed by atoms with Gasteiger partial charge in [-0.05, 0) is 39.2 Å². The van der Waals surface area contributed by atoms with Crippen molar-refractivity contribution in [3.8, 4) is 0 Å². The summed E-state index contributed by atoms with van der Waals surface area (Å²) in [6, 6.07) is 0.519. The third-order valence-corrected chi connectivity index (χ3v) is 3.43. The summed E-state index contributed by atoms with van der Waals surface area (Å²) in [7, 11) is 0. The Morgan fingerprint density at radius 3 is 2.87 bits per heavy atom. The minimum absolute atomic E-state index is 0.0924. The normalized spacial score (nSPS) is 29.1. The molecule has 1 heterocycles. The van der Waals surface area contributed by atoms with Gasteiger partial charge in [-0.15, -0.1) is 0 Å². The maximum Gasteiger partial charge on any atom is 0.237 e. The van der Waals surface area contributed by atoms with E-state index in [0.29, 0.717) is 6.04 Å². The third-order valence-electron chi connectivity index (χ3n) is 3.43. The van der Waals surface area contributed by atoms with Crippen molar-refractivity contribution in [1.82, 2.24) is 10.2 Å². The van der Waals surface area contributed by atoms with Crippen LogP contribution in [0.15, 0.2) is 0 Å². The van der Waals surface area contributed by atoms with E-state index in [-0.39, 0.29) is 24.6 Å². The number of likely N-dealkylation sites (tertiary alicyclic amines) is 1. The largest absolute Gasteiger partial charge is 0.395 e. The molecule has 1 amide bonds. The molecule has 1 aliphatic carbocycles. The Morgan fingerprint density at radius 2 is 2.27 bits per heavy atom. The lowest BCUT2D eigenvalue weighted by Gasteiger charge is -2.28. The van der Waals surface area contributed by atoms with Gasteiger partial charge in [-0.1, -0.05) is 0 Å². The molecule has 2 fully saturated rings. The highest BCUT2D eigenvalue weighted by atomic mass is 16.3. The number of hydrogen-bond donors (Lipinski definition) is 2. The molecule has 1 saturated heterocycles. The Labute approximate surface area is 90.6 Å². The molecule has 2 atom stereocenters. The van der Waals surface area contributed by atoms with Crippen LogP contribution >= 0.6 is 0 Å². The molecule has 2 N–H and O–H groups in total. The number of hydrogen-bond acceptors (Lipinski definition) is 3. The van der Waals surface area contributed by atoms with Gasteiger partial charge in [0.2, 0.25) is 5.91 Å². The second kappa shape index (κ2) is 4.49. The summed E-state index contributed by atoms with van der Waals surface area (Å²) >= 11 is 0. The van der Waals surface area contributed by atoms with Crippen LogP contribution in [0.4, 0.5) is 0 Å². The van der Waals surface area contributed by atoms with Crippen LogP contribution in [0, 0.1) is 0 Å². The monoisotopic (exact) mass is 212 g/mol. The van der Waals surface area contributed by atoms with Crippen LogP contribution in [-0.4, -0.2) is 47.2 Å². The maximum absolute atomic E-state index is 11.8. The SMILES string of the molecule is CC(C(=O)NC1CC1)N1CCC[C@@H]1CO. The van der Waals surface area contributed by atoms with Crippen LogP contribution < -0.4 is 5.32 Å². The summed E-state index contributed by atoms with van der Waals surface area (Å²) in [6.07, 6.45) is 4.35. The van der Waals surface area contributed by atoms with Crippen LogP contribution in [0.3, 0.4) is 0 Å². The van der Waals surface area contributed by atoms with Crippen molar-refractivity contribution in [1.29, 1.82) is 0 Å². The summed E-state index contributed by atoms with van der Waals surface area (Å²) in [6.45, 7) is 3.04. The van der Waals surface area contributed by atoms with E-state index in [1.807, 2.05) is 6.92 Å². The fraction of sp³-hybridized carbons (Fsp3) is 0.909. The van der Waals surface area contributed by atoms with Gasteiger partial charge in [-0.3, -0.25) is 9.69 Å². The van der Waals surface area contributed by atoms with Crippen molar-refractivity contribution >= 4 is 5.91 Å². The van der Waals surface area contributed by atoms with Crippen LogP contribution in [0.5, 0.6) is 0 Å². The topological polar surface area (TPSA) is 52.6 Å². The highest BCUT2D eigenvalue weighted by molar-refractivity contribution is 5.81. The van der Waals surface area contributed by atoms with Gasteiger partial charge in [-0.25, -0.2) is 0 Å². The van der Waals surface area contributed by atoms with Gasteiger partial charge in [0, 0.05) is 12.1 Å². The van der Waals surface area contributed by atoms with Crippen LogP contribution in [0.25, 0.3) is 0 Å². The van der Waals surface area contributed by atoms with Crippen LogP contribution in [0.2, 0.25) is 0 Å². The predicted octanol–water partition coefficient (Wildman–Crippen LogP) is 0.110. The Kier molecular flexibility index (Phi) is 3.26. The van der Waals surface area contributed by atoms with Gasteiger partial charge < -0.3 is 10.4 Å². The summed E-state index contributed by atoms with van der Waals surface area (Å²) in [4.78, 5) is 13.9. The first-order valence-electron chi connectivity index (χ1n) is 5.89. The highest BCUT2D eigenvalue weighted by Crippen LogP contribution is 2.22. The maximum atomic E-state index is 11.8. The van der Waals surface area contributed by atoms with E-state index in [2.05, 4.69) is 10.2 Å². The standard InChI is InChI=1S/C11H20N2O2/c1-8(11(15)12-9-4-5-9)13-6-2-3-10(13)7-14/h8-10,14H,2-7H2,1H3,(H,12,15)/t8?,10-/m1/s1. The zero-order chi connectivity index (χ0) is 10.8. The van der Waals surface area contributed by atoms with E-state index in [9.17, 15) is 9.90 Å². The van der Waals surface area contributed by atoms with E-state index in [1.165, 1.54) is 0 Å². The Hall–Kier alpha value is -0.610. The van der Waals surface area contributed by atoms with Crippen molar-refractivity contribution in [3.05, 3.63) is 0 Å². The Balaban J connectivity index is 1.87. The number of nitrogens with zero attached hydrogens (tertiary/aromatic N) is 1. The molecule has 1 saturated carbocycles. The Bertz CT molecular complexity index is 241. The molecule has 0 aromatic rings. The van der Waals surface area contributed by atoms with E-state index in [4.69, 9.17) is 0 Å². The molecule has 0 spiro atoms. The van der Waals surface area contributed by atoms with E-state index in [1.54, 1.807) is 0 Å². The lowest BCUT2D eigenvalue weighted by atomic mass is 10.2. The molecule has 4 heteroatoms. The van der Waals surface area contributed by atoms with E-state index in [0.717, 1.165) is 32.2 Å². The minimum Gasteiger partial charge on any atom is -0.395 e. The number of nitrogens with one attached hydrogen (secondary N) is 1. The third kappa shape index (κ3) is 2.49. The molecular formula is C11H20N2O2. The first kappa shape index (κ1) is 10.9. The van der Waals surface area contributed by atoms with Gasteiger partial charge in [0.25, 0.3) is 0 Å². The quantitative estimate of drug-likeness (QED) is 0.695. The molecule has 1 unspecified atom stereocenters. The zero-order valence-electron chi connectivity index (χ0n) is 9.28. The van der Waals surface area contributed by atoms with Crippen molar-refractivity contribution in [3.63, 3.8) is 0 Å². The average molecular weight is 212 g/mol. The molecule has 1 aliphatic heterocycles. The molecule has 2 rings (SSSR count). The zero-order valence-corrected chi connectivity index (χ0v) is 9.28. The molecule has 0 radical (unpaired) electrons. The summed E-state index contributed by atoms with van der Waals surface area (Å²) in [5.41, 5.74) is 0. The molecule has 0 bridgehead atoms. The number of amides is 1.